The lowest BCUT2D eigenvalue weighted by Crippen LogP contribution is -2.32. The average Bonchev–Trinajstić information content (AvgIpc) is 2.74. The van der Waals surface area contributed by atoms with Crippen LogP contribution in [0.1, 0.15) is 31.4 Å². The molecule has 7 heteroatoms. The molecule has 106 valence electrons. The molecule has 1 aliphatic carbocycles. The van der Waals surface area contributed by atoms with E-state index in [1.807, 2.05) is 0 Å². The highest BCUT2D eigenvalue weighted by molar-refractivity contribution is 5.82. The van der Waals surface area contributed by atoms with E-state index in [1.54, 1.807) is 13.2 Å². The Morgan fingerprint density at radius 1 is 1.47 bits per heavy atom. The van der Waals surface area contributed by atoms with Crippen molar-refractivity contribution >= 4 is 5.78 Å². The van der Waals surface area contributed by atoms with Crippen LogP contribution in [0.2, 0.25) is 0 Å². The number of hydrogen-bond donors (Lipinski definition) is 0. The predicted octanol–water partition coefficient (Wildman–Crippen LogP) is 2.30. The van der Waals surface area contributed by atoms with Gasteiger partial charge in [0.05, 0.1) is 18.0 Å². The van der Waals surface area contributed by atoms with Gasteiger partial charge in [-0.05, 0) is 19.3 Å². The van der Waals surface area contributed by atoms with E-state index >= 15 is 0 Å². The summed E-state index contributed by atoms with van der Waals surface area (Å²) < 4.78 is 39.5. The second-order valence-corrected chi connectivity index (χ2v) is 5.13. The van der Waals surface area contributed by atoms with Crippen LogP contribution in [0.25, 0.3) is 0 Å². The fourth-order valence-corrected chi connectivity index (χ4v) is 2.58. The first kappa shape index (κ1) is 14.0. The van der Waals surface area contributed by atoms with Crippen LogP contribution < -0.4 is 0 Å². The van der Waals surface area contributed by atoms with Crippen LogP contribution in [0, 0.1) is 11.8 Å². The highest BCUT2D eigenvalue weighted by Gasteiger charge is 2.43. The Hall–Kier alpha value is -1.40. The fraction of sp³-hybridized carbons (Fsp3) is 0.750. The summed E-state index contributed by atoms with van der Waals surface area (Å²) in [6, 6.07) is 0. The number of carbonyl (C=O) groups is 1. The molecule has 2 unspecified atom stereocenters. The molecule has 0 aliphatic heterocycles. The van der Waals surface area contributed by atoms with Gasteiger partial charge in [0, 0.05) is 19.2 Å². The quantitative estimate of drug-likeness (QED) is 0.850. The van der Waals surface area contributed by atoms with Crippen molar-refractivity contribution in [3.8, 4) is 0 Å². The molecule has 1 heterocycles. The normalized spacial score (nSPS) is 24.4. The SMILES string of the molecule is Cn1cc(CC(=O)C2CCCC(C(F)(F)F)C2)nn1. The lowest BCUT2D eigenvalue weighted by molar-refractivity contribution is -0.186. The molecule has 1 aliphatic rings. The maximum atomic E-state index is 12.7. The second-order valence-electron chi connectivity index (χ2n) is 5.13. The molecular formula is C12H16F3N3O. The van der Waals surface area contributed by atoms with E-state index in [4.69, 9.17) is 0 Å². The number of halogens is 3. The first-order valence-electron chi connectivity index (χ1n) is 6.31. The van der Waals surface area contributed by atoms with Gasteiger partial charge in [-0.25, -0.2) is 0 Å². The topological polar surface area (TPSA) is 47.8 Å². The van der Waals surface area contributed by atoms with Crippen LogP contribution in [0.4, 0.5) is 13.2 Å². The number of ketones is 1. The number of alkyl halides is 3. The number of nitrogens with zero attached hydrogens (tertiary/aromatic N) is 3. The minimum Gasteiger partial charge on any atom is -0.299 e. The number of carbonyl (C=O) groups excluding carboxylic acids is 1. The summed E-state index contributed by atoms with van der Waals surface area (Å²) in [6.07, 6.45) is -1.44. The zero-order valence-corrected chi connectivity index (χ0v) is 10.7. The second kappa shape index (κ2) is 5.30. The van der Waals surface area contributed by atoms with Crippen LogP contribution >= 0.6 is 0 Å². The minimum atomic E-state index is -4.19. The van der Waals surface area contributed by atoms with Gasteiger partial charge in [0.2, 0.25) is 0 Å². The Bertz CT molecular complexity index is 455. The Kier molecular flexibility index (Phi) is 3.91. The van der Waals surface area contributed by atoms with Gasteiger partial charge in [-0.1, -0.05) is 11.6 Å². The Morgan fingerprint density at radius 2 is 2.21 bits per heavy atom. The molecule has 0 saturated heterocycles. The van der Waals surface area contributed by atoms with Crippen LogP contribution in [0.3, 0.4) is 0 Å². The van der Waals surface area contributed by atoms with Gasteiger partial charge in [-0.3, -0.25) is 9.48 Å². The van der Waals surface area contributed by atoms with E-state index in [0.717, 1.165) is 0 Å². The monoisotopic (exact) mass is 275 g/mol. The molecular weight excluding hydrogens is 259 g/mol. The molecule has 19 heavy (non-hydrogen) atoms. The van der Waals surface area contributed by atoms with Gasteiger partial charge in [-0.2, -0.15) is 13.2 Å². The van der Waals surface area contributed by atoms with Crippen molar-refractivity contribution in [1.82, 2.24) is 15.0 Å². The van der Waals surface area contributed by atoms with Crippen molar-refractivity contribution < 1.29 is 18.0 Å². The van der Waals surface area contributed by atoms with E-state index in [2.05, 4.69) is 10.3 Å². The van der Waals surface area contributed by atoms with Crippen LogP contribution in [-0.4, -0.2) is 27.0 Å². The zero-order valence-electron chi connectivity index (χ0n) is 10.7. The number of Topliss-reactive ketones (excluding diaryl/α,β-unsaturated/α-hetero) is 1. The summed E-state index contributed by atoms with van der Waals surface area (Å²) in [4.78, 5) is 12.0. The smallest absolute Gasteiger partial charge is 0.299 e. The summed E-state index contributed by atoms with van der Waals surface area (Å²) in [7, 11) is 1.68. The van der Waals surface area contributed by atoms with Crippen molar-refractivity contribution in [1.29, 1.82) is 0 Å². The Labute approximate surface area is 109 Å². The lowest BCUT2D eigenvalue weighted by Gasteiger charge is -2.29. The maximum Gasteiger partial charge on any atom is 0.391 e. The van der Waals surface area contributed by atoms with Crippen molar-refractivity contribution in [2.24, 2.45) is 18.9 Å². The molecule has 0 bridgehead atoms. The third-order valence-corrected chi connectivity index (χ3v) is 3.60. The van der Waals surface area contributed by atoms with E-state index in [9.17, 15) is 18.0 Å². The zero-order chi connectivity index (χ0) is 14.0. The van der Waals surface area contributed by atoms with Gasteiger partial charge in [-0.15, -0.1) is 5.10 Å². The number of aryl methyl sites for hydroxylation is 1. The Balaban J connectivity index is 1.95. The van der Waals surface area contributed by atoms with Crippen LogP contribution in [-0.2, 0) is 18.3 Å². The van der Waals surface area contributed by atoms with Gasteiger partial charge in [0.15, 0.2) is 0 Å². The highest BCUT2D eigenvalue weighted by Crippen LogP contribution is 2.40. The van der Waals surface area contributed by atoms with Crippen molar-refractivity contribution in [2.75, 3.05) is 0 Å². The summed E-state index contributed by atoms with van der Waals surface area (Å²) in [5, 5.41) is 7.49. The number of aromatic nitrogens is 3. The van der Waals surface area contributed by atoms with Crippen LogP contribution in [0.15, 0.2) is 6.20 Å². The maximum absolute atomic E-state index is 12.7. The molecule has 1 aromatic rings. The largest absolute Gasteiger partial charge is 0.391 e. The van der Waals surface area contributed by atoms with E-state index in [0.29, 0.717) is 18.5 Å². The van der Waals surface area contributed by atoms with Crippen molar-refractivity contribution in [2.45, 2.75) is 38.3 Å². The van der Waals surface area contributed by atoms with E-state index in [1.165, 1.54) is 4.68 Å². The summed E-state index contributed by atoms with van der Waals surface area (Å²) in [6.45, 7) is 0. The first-order valence-corrected chi connectivity index (χ1v) is 6.31. The third kappa shape index (κ3) is 3.54. The van der Waals surface area contributed by atoms with E-state index < -0.39 is 18.0 Å². The van der Waals surface area contributed by atoms with Crippen LogP contribution in [0.5, 0.6) is 0 Å². The van der Waals surface area contributed by atoms with Gasteiger partial charge >= 0.3 is 6.18 Å². The summed E-state index contributed by atoms with van der Waals surface area (Å²) in [5.41, 5.74) is 0.515. The molecule has 1 aromatic heterocycles. The van der Waals surface area contributed by atoms with Gasteiger partial charge in [0.1, 0.15) is 5.78 Å². The molecule has 4 nitrogen and oxygen atoms in total. The predicted molar refractivity (Wildman–Crippen MR) is 61.2 cm³/mol. The van der Waals surface area contributed by atoms with Crippen molar-refractivity contribution in [3.05, 3.63) is 11.9 Å². The molecule has 0 spiro atoms. The first-order chi connectivity index (χ1) is 8.86. The van der Waals surface area contributed by atoms with Gasteiger partial charge < -0.3 is 0 Å². The standard InChI is InChI=1S/C12H16F3N3O/c1-18-7-10(16-17-18)6-11(19)8-3-2-4-9(5-8)12(13,14)15/h7-9H,2-6H2,1H3. The molecule has 0 N–H and O–H groups in total. The highest BCUT2D eigenvalue weighted by atomic mass is 19.4. The molecule has 1 fully saturated rings. The average molecular weight is 275 g/mol. The molecule has 2 atom stereocenters. The Morgan fingerprint density at radius 3 is 2.79 bits per heavy atom. The van der Waals surface area contributed by atoms with Gasteiger partial charge in [0.25, 0.3) is 0 Å². The molecule has 2 rings (SSSR count). The molecule has 0 aromatic carbocycles. The molecule has 1 saturated carbocycles. The van der Waals surface area contributed by atoms with Crippen molar-refractivity contribution in [3.63, 3.8) is 0 Å². The number of hydrogen-bond acceptors (Lipinski definition) is 3. The molecule has 0 amide bonds. The number of rotatable bonds is 3. The summed E-state index contributed by atoms with van der Waals surface area (Å²) >= 11 is 0. The van der Waals surface area contributed by atoms with E-state index in [-0.39, 0.29) is 25.0 Å². The minimum absolute atomic E-state index is 0.0725. The lowest BCUT2D eigenvalue weighted by atomic mass is 9.78. The third-order valence-electron chi connectivity index (χ3n) is 3.60. The molecule has 0 radical (unpaired) electrons. The summed E-state index contributed by atoms with van der Waals surface area (Å²) in [5.74, 6) is -1.99. The fourth-order valence-electron chi connectivity index (χ4n) is 2.58.